The van der Waals surface area contributed by atoms with Gasteiger partial charge >= 0.3 is 0 Å². The van der Waals surface area contributed by atoms with Crippen LogP contribution in [0.2, 0.25) is 0 Å². The predicted molar refractivity (Wildman–Crippen MR) is 55.9 cm³/mol. The summed E-state index contributed by atoms with van der Waals surface area (Å²) in [5.41, 5.74) is 0. The van der Waals surface area contributed by atoms with Gasteiger partial charge in [0.25, 0.3) is 0 Å². The molecule has 0 amide bonds. The van der Waals surface area contributed by atoms with Crippen molar-refractivity contribution in [2.75, 3.05) is 6.54 Å². The maximum Gasteiger partial charge on any atom is 0.0634 e. The molecule has 14 heavy (non-hydrogen) atoms. The molecule has 79 valence electrons. The average Bonchev–Trinajstić information content (AvgIpc) is 2.81. The van der Waals surface area contributed by atoms with Gasteiger partial charge in [-0.25, -0.2) is 0 Å². The number of hydrogen-bond donors (Lipinski definition) is 1. The molecule has 2 aliphatic carbocycles. The fourth-order valence-corrected chi connectivity index (χ4v) is 3.23. The van der Waals surface area contributed by atoms with Gasteiger partial charge in [-0.2, -0.15) is 0 Å². The van der Waals surface area contributed by atoms with E-state index in [0.29, 0.717) is 12.2 Å². The Morgan fingerprint density at radius 3 is 2.64 bits per heavy atom. The second-order valence-corrected chi connectivity index (χ2v) is 5.08. The lowest BCUT2D eigenvalue weighted by Gasteiger charge is -2.30. The average molecular weight is 194 g/mol. The summed E-state index contributed by atoms with van der Waals surface area (Å²) in [5, 5.41) is 3.54. The number of nitrogens with one attached hydrogen (secondary N) is 1. The van der Waals surface area contributed by atoms with E-state index in [1.165, 1.54) is 45.1 Å². The standard InChI is InChI=1S/C12H20NO/c1-2-4-11(5-3-1)14-12-7-10-6-9(12)8-13-10/h1,9-13H,2-8H2. The number of rotatable bonds is 2. The zero-order valence-corrected chi connectivity index (χ0v) is 8.74. The Labute approximate surface area is 86.4 Å². The van der Waals surface area contributed by atoms with Crippen molar-refractivity contribution in [3.05, 3.63) is 6.42 Å². The lowest BCUT2D eigenvalue weighted by atomic mass is 9.97. The summed E-state index contributed by atoms with van der Waals surface area (Å²) in [6.45, 7) is 1.20. The fraction of sp³-hybridized carbons (Fsp3) is 0.917. The highest BCUT2D eigenvalue weighted by atomic mass is 16.5. The molecule has 0 spiro atoms. The van der Waals surface area contributed by atoms with Crippen molar-refractivity contribution < 1.29 is 4.74 Å². The van der Waals surface area contributed by atoms with E-state index in [1.54, 1.807) is 0 Å². The summed E-state index contributed by atoms with van der Waals surface area (Å²) in [6.07, 6.45) is 11.3. The van der Waals surface area contributed by atoms with Crippen molar-refractivity contribution in [3.63, 3.8) is 0 Å². The van der Waals surface area contributed by atoms with Crippen LogP contribution in [0, 0.1) is 12.3 Å². The van der Waals surface area contributed by atoms with E-state index in [1.807, 2.05) is 0 Å². The molecule has 1 saturated heterocycles. The van der Waals surface area contributed by atoms with E-state index < -0.39 is 0 Å². The number of ether oxygens (including phenoxy) is 1. The Bertz CT molecular complexity index is 200. The first-order valence-electron chi connectivity index (χ1n) is 6.12. The largest absolute Gasteiger partial charge is 0.375 e. The lowest BCUT2D eigenvalue weighted by Crippen LogP contribution is -2.36. The molecule has 0 aromatic carbocycles. The van der Waals surface area contributed by atoms with Gasteiger partial charge in [0.05, 0.1) is 12.2 Å². The van der Waals surface area contributed by atoms with Crippen LogP contribution in [0.1, 0.15) is 38.5 Å². The zero-order valence-electron chi connectivity index (χ0n) is 8.74. The third-order valence-electron chi connectivity index (χ3n) is 4.05. The second-order valence-electron chi connectivity index (χ2n) is 5.08. The van der Waals surface area contributed by atoms with E-state index >= 15 is 0 Å². The summed E-state index contributed by atoms with van der Waals surface area (Å²) in [6, 6.07) is 0.778. The van der Waals surface area contributed by atoms with E-state index in [4.69, 9.17) is 4.74 Å². The molecular formula is C12H20NO. The van der Waals surface area contributed by atoms with Crippen LogP contribution >= 0.6 is 0 Å². The quantitative estimate of drug-likeness (QED) is 0.725. The number of hydrogen-bond acceptors (Lipinski definition) is 2. The lowest BCUT2D eigenvalue weighted by molar-refractivity contribution is -0.0469. The first-order valence-corrected chi connectivity index (χ1v) is 6.12. The SMILES string of the molecule is [CH]1CCC(OC2CC3CC2CN3)CC1. The van der Waals surface area contributed by atoms with Crippen LogP contribution < -0.4 is 5.32 Å². The van der Waals surface area contributed by atoms with Gasteiger partial charge < -0.3 is 10.1 Å². The third-order valence-corrected chi connectivity index (χ3v) is 4.05. The molecule has 3 fully saturated rings. The van der Waals surface area contributed by atoms with E-state index in [-0.39, 0.29) is 0 Å². The van der Waals surface area contributed by atoms with E-state index in [9.17, 15) is 0 Å². The molecule has 0 aromatic rings. The van der Waals surface area contributed by atoms with Gasteiger partial charge in [-0.1, -0.05) is 0 Å². The van der Waals surface area contributed by atoms with Crippen LogP contribution in [0.4, 0.5) is 0 Å². The van der Waals surface area contributed by atoms with E-state index in [0.717, 1.165) is 12.0 Å². The topological polar surface area (TPSA) is 21.3 Å². The minimum atomic E-state index is 0.573. The Balaban J connectivity index is 1.52. The van der Waals surface area contributed by atoms with Gasteiger partial charge in [-0.3, -0.25) is 0 Å². The van der Waals surface area contributed by atoms with Crippen LogP contribution in [0.25, 0.3) is 0 Å². The van der Waals surface area contributed by atoms with Crippen molar-refractivity contribution in [2.24, 2.45) is 5.92 Å². The maximum absolute atomic E-state index is 6.23. The highest BCUT2D eigenvalue weighted by molar-refractivity contribution is 4.96. The molecule has 1 radical (unpaired) electrons. The van der Waals surface area contributed by atoms with Crippen LogP contribution in [0.5, 0.6) is 0 Å². The highest BCUT2D eigenvalue weighted by Gasteiger charge is 2.41. The van der Waals surface area contributed by atoms with Crippen molar-refractivity contribution in [1.29, 1.82) is 0 Å². The van der Waals surface area contributed by atoms with Crippen LogP contribution in [-0.4, -0.2) is 24.8 Å². The van der Waals surface area contributed by atoms with Gasteiger partial charge in [0.2, 0.25) is 0 Å². The van der Waals surface area contributed by atoms with E-state index in [2.05, 4.69) is 11.7 Å². The van der Waals surface area contributed by atoms with Crippen molar-refractivity contribution in [2.45, 2.75) is 56.8 Å². The van der Waals surface area contributed by atoms with Crippen molar-refractivity contribution in [1.82, 2.24) is 5.32 Å². The smallest absolute Gasteiger partial charge is 0.0634 e. The Morgan fingerprint density at radius 2 is 2.00 bits per heavy atom. The minimum Gasteiger partial charge on any atom is -0.375 e. The van der Waals surface area contributed by atoms with Crippen molar-refractivity contribution in [3.8, 4) is 0 Å². The summed E-state index contributed by atoms with van der Waals surface area (Å²) in [5.74, 6) is 0.825. The fourth-order valence-electron chi connectivity index (χ4n) is 3.23. The zero-order chi connectivity index (χ0) is 9.38. The third kappa shape index (κ3) is 1.70. The number of fused-ring (bicyclic) bond motifs is 2. The maximum atomic E-state index is 6.23. The molecule has 3 unspecified atom stereocenters. The van der Waals surface area contributed by atoms with Crippen LogP contribution in [-0.2, 0) is 4.74 Å². The molecule has 2 saturated carbocycles. The molecule has 2 nitrogen and oxygen atoms in total. The second kappa shape index (κ2) is 3.82. The summed E-state index contributed by atoms with van der Waals surface area (Å²) >= 11 is 0. The normalized spacial score (nSPS) is 43.3. The minimum absolute atomic E-state index is 0.573. The number of piperidine rings is 1. The predicted octanol–water partition coefficient (Wildman–Crippen LogP) is 1.90. The summed E-state index contributed by atoms with van der Waals surface area (Å²) in [7, 11) is 0. The molecule has 2 bridgehead atoms. The van der Waals surface area contributed by atoms with Gasteiger partial charge in [0.15, 0.2) is 0 Å². The first kappa shape index (κ1) is 9.17. The highest BCUT2D eigenvalue weighted by Crippen LogP contribution is 2.35. The molecule has 3 rings (SSSR count). The molecule has 1 heterocycles. The van der Waals surface area contributed by atoms with Crippen LogP contribution in [0.3, 0.4) is 0 Å². The molecule has 0 aromatic heterocycles. The molecule has 1 aliphatic heterocycles. The molecule has 3 aliphatic rings. The Kier molecular flexibility index (Phi) is 2.50. The molecule has 1 N–H and O–H groups in total. The molecule has 2 heteroatoms. The van der Waals surface area contributed by atoms with Gasteiger partial charge in [-0.05, 0) is 50.9 Å². The monoisotopic (exact) mass is 194 g/mol. The summed E-state index contributed by atoms with van der Waals surface area (Å²) in [4.78, 5) is 0. The van der Waals surface area contributed by atoms with Crippen molar-refractivity contribution >= 4 is 0 Å². The Hall–Kier alpha value is -0.0800. The summed E-state index contributed by atoms with van der Waals surface area (Å²) < 4.78 is 6.23. The Morgan fingerprint density at radius 1 is 1.14 bits per heavy atom. The molecular weight excluding hydrogens is 174 g/mol. The molecule has 3 atom stereocenters. The van der Waals surface area contributed by atoms with Gasteiger partial charge in [0, 0.05) is 12.6 Å². The van der Waals surface area contributed by atoms with Gasteiger partial charge in [-0.15, -0.1) is 0 Å². The van der Waals surface area contributed by atoms with Gasteiger partial charge in [0.1, 0.15) is 0 Å². The van der Waals surface area contributed by atoms with Crippen LogP contribution in [0.15, 0.2) is 0 Å². The first-order chi connectivity index (χ1) is 6.92.